The third-order valence-electron chi connectivity index (χ3n) is 4.84. The molecule has 2 rings (SSSR count). The van der Waals surface area contributed by atoms with Gasteiger partial charge in [-0.3, -0.25) is 16.2 Å². The summed E-state index contributed by atoms with van der Waals surface area (Å²) in [5, 5.41) is 1.17. The Morgan fingerprint density at radius 1 is 1.19 bits per heavy atom. The number of likely N-dealkylation sites (N-methyl/N-ethyl adjacent to an activating group) is 1. The van der Waals surface area contributed by atoms with Crippen LogP contribution >= 0.6 is 23.2 Å². The van der Waals surface area contributed by atoms with Crippen LogP contribution in [0.3, 0.4) is 0 Å². The first kappa shape index (κ1) is 17.0. The van der Waals surface area contributed by atoms with Gasteiger partial charge in [-0.05, 0) is 43.6 Å². The van der Waals surface area contributed by atoms with Crippen molar-refractivity contribution in [3.05, 3.63) is 33.8 Å². The average Bonchev–Trinajstić information content (AvgIpc) is 2.95. The van der Waals surface area contributed by atoms with Gasteiger partial charge in [0.15, 0.2) is 0 Å². The molecule has 0 heterocycles. The van der Waals surface area contributed by atoms with Crippen LogP contribution in [0.25, 0.3) is 0 Å². The lowest BCUT2D eigenvalue weighted by molar-refractivity contribution is 0.0626. The Kier molecular flexibility index (Phi) is 5.92. The lowest BCUT2D eigenvalue weighted by Gasteiger charge is -2.46. The minimum atomic E-state index is 0.0645. The van der Waals surface area contributed by atoms with Gasteiger partial charge in [-0.25, -0.2) is 0 Å². The van der Waals surface area contributed by atoms with Gasteiger partial charge >= 0.3 is 0 Å². The summed E-state index contributed by atoms with van der Waals surface area (Å²) in [6.45, 7) is 6.48. The van der Waals surface area contributed by atoms with E-state index in [9.17, 15) is 0 Å². The smallest absolute Gasteiger partial charge is 0.0644 e. The summed E-state index contributed by atoms with van der Waals surface area (Å²) in [6, 6.07) is 5.89. The number of nitrogens with zero attached hydrogens (tertiary/aromatic N) is 1. The van der Waals surface area contributed by atoms with Crippen molar-refractivity contribution in [1.29, 1.82) is 0 Å². The summed E-state index contributed by atoms with van der Waals surface area (Å²) in [4.78, 5) is 2.53. The molecule has 5 heteroatoms. The predicted octanol–water partition coefficient (Wildman–Crippen LogP) is 4.15. The largest absolute Gasteiger partial charge is 0.296 e. The number of nitrogens with one attached hydrogen (secondary N) is 1. The summed E-state index contributed by atoms with van der Waals surface area (Å²) in [7, 11) is 0. The van der Waals surface area contributed by atoms with E-state index in [4.69, 9.17) is 29.0 Å². The van der Waals surface area contributed by atoms with Gasteiger partial charge in [0.2, 0.25) is 0 Å². The van der Waals surface area contributed by atoms with Crippen molar-refractivity contribution < 1.29 is 0 Å². The summed E-state index contributed by atoms with van der Waals surface area (Å²) in [5.74, 6) is 5.95. The second-order valence-electron chi connectivity index (χ2n) is 5.76. The third kappa shape index (κ3) is 3.22. The van der Waals surface area contributed by atoms with Crippen molar-refractivity contribution >= 4 is 23.2 Å². The number of hydrogen-bond acceptors (Lipinski definition) is 3. The first-order valence-corrected chi connectivity index (χ1v) is 8.50. The van der Waals surface area contributed by atoms with E-state index < -0.39 is 0 Å². The maximum Gasteiger partial charge on any atom is 0.0644 e. The molecule has 1 atom stereocenters. The van der Waals surface area contributed by atoms with Crippen LogP contribution in [0.1, 0.15) is 51.1 Å². The van der Waals surface area contributed by atoms with Crippen LogP contribution in [-0.4, -0.2) is 23.5 Å². The zero-order valence-corrected chi connectivity index (χ0v) is 14.3. The lowest BCUT2D eigenvalue weighted by atomic mass is 9.82. The lowest BCUT2D eigenvalue weighted by Crippen LogP contribution is -2.56. The molecule has 1 aliphatic carbocycles. The highest BCUT2D eigenvalue weighted by molar-refractivity contribution is 6.42. The van der Waals surface area contributed by atoms with Crippen molar-refractivity contribution in [3.63, 3.8) is 0 Å². The number of hydrazine groups is 1. The molecule has 21 heavy (non-hydrogen) atoms. The molecule has 1 unspecified atom stereocenters. The topological polar surface area (TPSA) is 41.3 Å². The van der Waals surface area contributed by atoms with Crippen LogP contribution in [0, 0.1) is 0 Å². The van der Waals surface area contributed by atoms with Crippen LogP contribution in [0.2, 0.25) is 10.0 Å². The molecular weight excluding hydrogens is 305 g/mol. The van der Waals surface area contributed by atoms with Gasteiger partial charge in [-0.2, -0.15) is 0 Å². The average molecular weight is 330 g/mol. The SMILES string of the molecule is CCN(CC)C1(C(NN)c2ccc(Cl)c(Cl)c2)CCCC1. The monoisotopic (exact) mass is 329 g/mol. The molecule has 3 N–H and O–H groups in total. The number of benzene rings is 1. The van der Waals surface area contributed by atoms with Gasteiger partial charge in [0.05, 0.1) is 16.1 Å². The second kappa shape index (κ2) is 7.30. The molecule has 1 aromatic carbocycles. The molecule has 0 spiro atoms. The van der Waals surface area contributed by atoms with E-state index in [-0.39, 0.29) is 11.6 Å². The minimum absolute atomic E-state index is 0.0645. The standard InChI is InChI=1S/C16H25Cl2N3/c1-3-21(4-2)16(9-5-6-10-16)15(20-19)12-7-8-13(17)14(18)11-12/h7-8,11,15,20H,3-6,9-10,19H2,1-2H3. The van der Waals surface area contributed by atoms with Gasteiger partial charge < -0.3 is 0 Å². The van der Waals surface area contributed by atoms with Gasteiger partial charge in [-0.15, -0.1) is 0 Å². The Bertz CT molecular complexity index is 469. The third-order valence-corrected chi connectivity index (χ3v) is 5.58. The van der Waals surface area contributed by atoms with Crippen molar-refractivity contribution in [2.45, 2.75) is 51.1 Å². The molecule has 1 aromatic rings. The summed E-state index contributed by atoms with van der Waals surface area (Å²) in [6.07, 6.45) is 4.81. The van der Waals surface area contributed by atoms with E-state index in [0.717, 1.165) is 31.5 Å². The van der Waals surface area contributed by atoms with E-state index in [2.05, 4.69) is 24.2 Å². The number of halogens is 2. The molecule has 0 aliphatic heterocycles. The van der Waals surface area contributed by atoms with Crippen LogP contribution < -0.4 is 11.3 Å². The maximum absolute atomic E-state index is 6.20. The maximum atomic E-state index is 6.20. The first-order valence-electron chi connectivity index (χ1n) is 7.75. The Labute approximate surface area is 137 Å². The van der Waals surface area contributed by atoms with Crippen molar-refractivity contribution in [1.82, 2.24) is 10.3 Å². The molecule has 0 radical (unpaired) electrons. The Morgan fingerprint density at radius 3 is 2.29 bits per heavy atom. The zero-order valence-electron chi connectivity index (χ0n) is 12.8. The van der Waals surface area contributed by atoms with Crippen LogP contribution in [0.5, 0.6) is 0 Å². The number of rotatable bonds is 6. The van der Waals surface area contributed by atoms with Crippen LogP contribution in [0.15, 0.2) is 18.2 Å². The molecular formula is C16H25Cl2N3. The highest BCUT2D eigenvalue weighted by atomic mass is 35.5. The predicted molar refractivity (Wildman–Crippen MR) is 90.6 cm³/mol. The van der Waals surface area contributed by atoms with Gasteiger partial charge in [-0.1, -0.05) is 56.0 Å². The Morgan fingerprint density at radius 2 is 1.81 bits per heavy atom. The van der Waals surface area contributed by atoms with E-state index in [1.54, 1.807) is 0 Å². The highest BCUT2D eigenvalue weighted by Crippen LogP contribution is 2.44. The molecule has 1 saturated carbocycles. The van der Waals surface area contributed by atoms with Crippen molar-refractivity contribution in [3.8, 4) is 0 Å². The van der Waals surface area contributed by atoms with E-state index in [1.807, 2.05) is 18.2 Å². The second-order valence-corrected chi connectivity index (χ2v) is 6.57. The van der Waals surface area contributed by atoms with Gasteiger partial charge in [0.1, 0.15) is 0 Å². The molecule has 3 nitrogen and oxygen atoms in total. The minimum Gasteiger partial charge on any atom is -0.296 e. The highest BCUT2D eigenvalue weighted by Gasteiger charge is 2.45. The summed E-state index contributed by atoms with van der Waals surface area (Å²) in [5.41, 5.74) is 4.23. The number of hydrogen-bond donors (Lipinski definition) is 2. The van der Waals surface area contributed by atoms with E-state index in [0.29, 0.717) is 10.0 Å². The molecule has 0 bridgehead atoms. The fourth-order valence-corrected chi connectivity index (χ4v) is 4.19. The summed E-state index contributed by atoms with van der Waals surface area (Å²) < 4.78 is 0. The molecule has 1 aliphatic rings. The fourth-order valence-electron chi connectivity index (χ4n) is 3.88. The molecule has 0 aromatic heterocycles. The summed E-state index contributed by atoms with van der Waals surface area (Å²) >= 11 is 12.2. The van der Waals surface area contributed by atoms with Crippen molar-refractivity contribution in [2.75, 3.05) is 13.1 Å². The Hall–Kier alpha value is -0.320. The van der Waals surface area contributed by atoms with Gasteiger partial charge in [0, 0.05) is 5.54 Å². The molecule has 1 fully saturated rings. The molecule has 118 valence electrons. The van der Waals surface area contributed by atoms with E-state index in [1.165, 1.54) is 12.8 Å². The van der Waals surface area contributed by atoms with Crippen LogP contribution in [0.4, 0.5) is 0 Å². The Balaban J connectivity index is 2.42. The fraction of sp³-hybridized carbons (Fsp3) is 0.625. The molecule has 0 saturated heterocycles. The molecule has 0 amide bonds. The van der Waals surface area contributed by atoms with Crippen molar-refractivity contribution in [2.24, 2.45) is 5.84 Å². The number of nitrogens with two attached hydrogens (primary N) is 1. The van der Waals surface area contributed by atoms with Gasteiger partial charge in [0.25, 0.3) is 0 Å². The quantitative estimate of drug-likeness (QED) is 0.608. The van der Waals surface area contributed by atoms with E-state index >= 15 is 0 Å². The normalized spacial score (nSPS) is 19.1. The van der Waals surface area contributed by atoms with Crippen LogP contribution in [-0.2, 0) is 0 Å². The first-order chi connectivity index (χ1) is 10.1. The zero-order chi connectivity index (χ0) is 15.5.